The van der Waals surface area contributed by atoms with E-state index in [9.17, 15) is 0 Å². The Labute approximate surface area is 88.5 Å². The highest BCUT2D eigenvalue weighted by atomic mass is 14.6. The van der Waals surface area contributed by atoms with Crippen molar-refractivity contribution in [2.45, 2.75) is 57.9 Å². The lowest BCUT2D eigenvalue weighted by molar-refractivity contribution is 0.234. The van der Waals surface area contributed by atoms with Crippen molar-refractivity contribution in [1.82, 2.24) is 0 Å². The smallest absolute Gasteiger partial charge is 0.0101 e. The van der Waals surface area contributed by atoms with Crippen LogP contribution in [0.25, 0.3) is 0 Å². The molecule has 2 N–H and O–H groups in total. The van der Waals surface area contributed by atoms with Gasteiger partial charge in [-0.3, -0.25) is 0 Å². The van der Waals surface area contributed by atoms with Gasteiger partial charge >= 0.3 is 0 Å². The maximum absolute atomic E-state index is 6.13. The quantitative estimate of drug-likeness (QED) is 0.683. The monoisotopic (exact) mass is 193 g/mol. The fraction of sp³-hybridized carbons (Fsp3) is 0.846. The molecule has 1 nitrogen and oxygen atoms in total. The van der Waals surface area contributed by atoms with Crippen LogP contribution in [0.4, 0.5) is 0 Å². The fourth-order valence-electron chi connectivity index (χ4n) is 2.51. The molecule has 1 aliphatic carbocycles. The standard InChI is InChI=1S/C13H23N/c1-3-5-6-13(14)12-9-7-11(4-2)8-10-12/h1,11-13H,4-10,14H2,2H3. The molecule has 0 heterocycles. The van der Waals surface area contributed by atoms with E-state index >= 15 is 0 Å². The Morgan fingerprint density at radius 3 is 2.50 bits per heavy atom. The van der Waals surface area contributed by atoms with Crippen molar-refractivity contribution in [1.29, 1.82) is 0 Å². The maximum Gasteiger partial charge on any atom is 0.0101 e. The summed E-state index contributed by atoms with van der Waals surface area (Å²) in [5.74, 6) is 4.38. The van der Waals surface area contributed by atoms with Crippen LogP contribution in [-0.2, 0) is 0 Å². The number of rotatable bonds is 4. The predicted molar refractivity (Wildman–Crippen MR) is 61.8 cm³/mol. The third-order valence-electron chi connectivity index (χ3n) is 3.70. The van der Waals surface area contributed by atoms with E-state index in [1.54, 1.807) is 0 Å². The molecule has 0 saturated heterocycles. The summed E-state index contributed by atoms with van der Waals surface area (Å²) in [6.45, 7) is 2.29. The zero-order valence-corrected chi connectivity index (χ0v) is 9.34. The van der Waals surface area contributed by atoms with Gasteiger partial charge in [0.2, 0.25) is 0 Å². The summed E-state index contributed by atoms with van der Waals surface area (Å²) in [6, 6.07) is 0.351. The molecular weight excluding hydrogens is 170 g/mol. The van der Waals surface area contributed by atoms with Crippen molar-refractivity contribution < 1.29 is 0 Å². The van der Waals surface area contributed by atoms with Gasteiger partial charge in [-0.2, -0.15) is 0 Å². The summed E-state index contributed by atoms with van der Waals surface area (Å²) in [5.41, 5.74) is 6.13. The lowest BCUT2D eigenvalue weighted by Crippen LogP contribution is -2.32. The molecule has 0 aromatic carbocycles. The molecule has 80 valence electrons. The van der Waals surface area contributed by atoms with Crippen LogP contribution in [-0.4, -0.2) is 6.04 Å². The Morgan fingerprint density at radius 1 is 1.36 bits per heavy atom. The van der Waals surface area contributed by atoms with Gasteiger partial charge in [-0.15, -0.1) is 12.3 Å². The first kappa shape index (κ1) is 11.6. The fourth-order valence-corrected chi connectivity index (χ4v) is 2.51. The lowest BCUT2D eigenvalue weighted by atomic mass is 9.77. The van der Waals surface area contributed by atoms with Crippen LogP contribution in [0.15, 0.2) is 0 Å². The summed E-state index contributed by atoms with van der Waals surface area (Å²) in [5, 5.41) is 0. The normalized spacial score (nSPS) is 29.5. The Balaban J connectivity index is 2.23. The van der Waals surface area contributed by atoms with E-state index in [1.807, 2.05) is 0 Å². The molecule has 1 aliphatic rings. The summed E-state index contributed by atoms with van der Waals surface area (Å²) in [6.07, 6.45) is 13.8. The van der Waals surface area contributed by atoms with Gasteiger partial charge in [0.1, 0.15) is 0 Å². The minimum atomic E-state index is 0.351. The Morgan fingerprint density at radius 2 is 2.00 bits per heavy atom. The van der Waals surface area contributed by atoms with Gasteiger partial charge < -0.3 is 5.73 Å². The minimum Gasteiger partial charge on any atom is -0.327 e. The Bertz CT molecular complexity index is 184. The van der Waals surface area contributed by atoms with Crippen molar-refractivity contribution in [3.8, 4) is 12.3 Å². The highest BCUT2D eigenvalue weighted by Gasteiger charge is 2.24. The molecule has 1 rings (SSSR count). The molecule has 1 heteroatoms. The second kappa shape index (κ2) is 6.09. The second-order valence-electron chi connectivity index (χ2n) is 4.60. The van der Waals surface area contributed by atoms with E-state index in [2.05, 4.69) is 12.8 Å². The first-order valence-corrected chi connectivity index (χ1v) is 5.97. The second-order valence-corrected chi connectivity index (χ2v) is 4.60. The molecule has 14 heavy (non-hydrogen) atoms. The summed E-state index contributed by atoms with van der Waals surface area (Å²) >= 11 is 0. The van der Waals surface area contributed by atoms with Crippen molar-refractivity contribution >= 4 is 0 Å². The SMILES string of the molecule is C#CCCC(N)C1CCC(CC)CC1. The van der Waals surface area contributed by atoms with Crippen molar-refractivity contribution in [3.05, 3.63) is 0 Å². The van der Waals surface area contributed by atoms with Gasteiger partial charge in [0.15, 0.2) is 0 Å². The highest BCUT2D eigenvalue weighted by Crippen LogP contribution is 2.32. The number of hydrogen-bond donors (Lipinski definition) is 1. The lowest BCUT2D eigenvalue weighted by Gasteiger charge is -2.31. The number of terminal acetylenes is 1. The van der Waals surface area contributed by atoms with Gasteiger partial charge in [-0.05, 0) is 31.1 Å². The van der Waals surface area contributed by atoms with Crippen LogP contribution in [0.1, 0.15) is 51.9 Å². The molecule has 0 spiro atoms. The molecule has 1 saturated carbocycles. The van der Waals surface area contributed by atoms with Crippen LogP contribution >= 0.6 is 0 Å². The largest absolute Gasteiger partial charge is 0.327 e. The van der Waals surface area contributed by atoms with E-state index in [0.29, 0.717) is 6.04 Å². The van der Waals surface area contributed by atoms with Gasteiger partial charge in [0, 0.05) is 12.5 Å². The average Bonchev–Trinajstić information content (AvgIpc) is 2.26. The highest BCUT2D eigenvalue weighted by molar-refractivity contribution is 4.87. The van der Waals surface area contributed by atoms with Crippen molar-refractivity contribution in [2.75, 3.05) is 0 Å². The Hall–Kier alpha value is -0.480. The van der Waals surface area contributed by atoms with E-state index in [-0.39, 0.29) is 0 Å². The van der Waals surface area contributed by atoms with Crippen LogP contribution in [0.2, 0.25) is 0 Å². The van der Waals surface area contributed by atoms with Crippen molar-refractivity contribution in [2.24, 2.45) is 17.6 Å². The summed E-state index contributed by atoms with van der Waals surface area (Å²) in [4.78, 5) is 0. The molecule has 1 fully saturated rings. The van der Waals surface area contributed by atoms with E-state index < -0.39 is 0 Å². The first-order valence-electron chi connectivity index (χ1n) is 5.97. The van der Waals surface area contributed by atoms with Crippen LogP contribution in [0.3, 0.4) is 0 Å². The Kier molecular flexibility index (Phi) is 5.04. The number of hydrogen-bond acceptors (Lipinski definition) is 1. The van der Waals surface area contributed by atoms with Crippen LogP contribution in [0.5, 0.6) is 0 Å². The van der Waals surface area contributed by atoms with E-state index in [4.69, 9.17) is 12.2 Å². The first-order chi connectivity index (χ1) is 6.77. The number of nitrogens with two attached hydrogens (primary N) is 1. The zero-order valence-electron chi connectivity index (χ0n) is 9.34. The zero-order chi connectivity index (χ0) is 10.4. The van der Waals surface area contributed by atoms with Crippen molar-refractivity contribution in [3.63, 3.8) is 0 Å². The maximum atomic E-state index is 6.13. The molecule has 0 aliphatic heterocycles. The predicted octanol–water partition coefficient (Wildman–Crippen LogP) is 2.94. The summed E-state index contributed by atoms with van der Waals surface area (Å²) in [7, 11) is 0. The third-order valence-corrected chi connectivity index (χ3v) is 3.70. The molecular formula is C13H23N. The third kappa shape index (κ3) is 3.35. The molecule has 0 bridgehead atoms. The molecule has 1 unspecified atom stereocenters. The van der Waals surface area contributed by atoms with Gasteiger partial charge in [-0.1, -0.05) is 26.2 Å². The van der Waals surface area contributed by atoms with E-state index in [1.165, 1.54) is 32.1 Å². The molecule has 0 radical (unpaired) electrons. The average molecular weight is 193 g/mol. The van der Waals surface area contributed by atoms with Gasteiger partial charge in [0.25, 0.3) is 0 Å². The van der Waals surface area contributed by atoms with Gasteiger partial charge in [-0.25, -0.2) is 0 Å². The van der Waals surface area contributed by atoms with Gasteiger partial charge in [0.05, 0.1) is 0 Å². The van der Waals surface area contributed by atoms with E-state index in [0.717, 1.165) is 24.7 Å². The molecule has 0 aromatic rings. The summed E-state index contributed by atoms with van der Waals surface area (Å²) < 4.78 is 0. The minimum absolute atomic E-state index is 0.351. The molecule has 1 atom stereocenters. The van der Waals surface area contributed by atoms with Crippen LogP contribution < -0.4 is 5.73 Å². The molecule has 0 amide bonds. The van der Waals surface area contributed by atoms with Crippen LogP contribution in [0, 0.1) is 24.2 Å². The molecule has 0 aromatic heterocycles. The topological polar surface area (TPSA) is 26.0 Å².